The largest absolute Gasteiger partial charge is 0.382 e. The maximum absolute atomic E-state index is 12.5. The Bertz CT molecular complexity index is 477. The highest BCUT2D eigenvalue weighted by Crippen LogP contribution is 2.29. The molecule has 6 heteroatoms. The third-order valence-corrected chi connectivity index (χ3v) is 3.87. The van der Waals surface area contributed by atoms with Crippen molar-refractivity contribution < 1.29 is 9.53 Å². The van der Waals surface area contributed by atoms with Crippen LogP contribution in [0.3, 0.4) is 0 Å². The summed E-state index contributed by atoms with van der Waals surface area (Å²) in [7, 11) is 0. The van der Waals surface area contributed by atoms with E-state index in [2.05, 4.69) is 9.97 Å². The summed E-state index contributed by atoms with van der Waals surface area (Å²) in [5.74, 6) is 0.194. The Hall–Kier alpha value is -1.69. The number of hydrogen-bond acceptors (Lipinski definition) is 5. The molecule has 102 valence electrons. The first-order valence-corrected chi connectivity index (χ1v) is 6.76. The van der Waals surface area contributed by atoms with E-state index in [-0.39, 0.29) is 23.9 Å². The zero-order valence-corrected chi connectivity index (χ0v) is 10.8. The number of carbonyl (C=O) groups is 1. The molecule has 2 unspecified atom stereocenters. The average molecular weight is 262 g/mol. The number of carbonyl (C=O) groups excluding carboxylic acids is 1. The molecule has 1 amide bonds. The molecule has 2 heterocycles. The minimum Gasteiger partial charge on any atom is -0.382 e. The first kappa shape index (κ1) is 12.3. The number of ether oxygens (including phenoxy) is 1. The molecule has 2 N–H and O–H groups in total. The van der Waals surface area contributed by atoms with E-state index < -0.39 is 0 Å². The van der Waals surface area contributed by atoms with E-state index in [0.29, 0.717) is 18.8 Å². The Morgan fingerprint density at radius 3 is 3.05 bits per heavy atom. The fourth-order valence-electron chi connectivity index (χ4n) is 2.98. The summed E-state index contributed by atoms with van der Waals surface area (Å²) in [6, 6.07) is 0.179. The number of nitrogens with zero attached hydrogens (tertiary/aromatic N) is 3. The summed E-state index contributed by atoms with van der Waals surface area (Å²) in [4.78, 5) is 22.4. The lowest BCUT2D eigenvalue weighted by Gasteiger charge is -2.43. The van der Waals surface area contributed by atoms with Crippen LogP contribution in [0, 0.1) is 0 Å². The highest BCUT2D eigenvalue weighted by atomic mass is 16.5. The second-order valence-electron chi connectivity index (χ2n) is 5.09. The van der Waals surface area contributed by atoms with Gasteiger partial charge in [0.2, 0.25) is 0 Å². The summed E-state index contributed by atoms with van der Waals surface area (Å²) in [5, 5.41) is 0. The fraction of sp³-hybridized carbons (Fsp3) is 0.615. The van der Waals surface area contributed by atoms with Gasteiger partial charge < -0.3 is 15.4 Å². The van der Waals surface area contributed by atoms with Gasteiger partial charge in [0, 0.05) is 6.54 Å². The Balaban J connectivity index is 1.82. The third-order valence-electron chi connectivity index (χ3n) is 3.87. The van der Waals surface area contributed by atoms with E-state index in [0.717, 1.165) is 19.3 Å². The Morgan fingerprint density at radius 1 is 1.37 bits per heavy atom. The van der Waals surface area contributed by atoms with Gasteiger partial charge in [0.25, 0.3) is 5.91 Å². The second-order valence-corrected chi connectivity index (χ2v) is 5.09. The lowest BCUT2D eigenvalue weighted by Crippen LogP contribution is -2.55. The van der Waals surface area contributed by atoms with Crippen molar-refractivity contribution in [1.29, 1.82) is 0 Å². The van der Waals surface area contributed by atoms with Crippen molar-refractivity contribution >= 4 is 11.7 Å². The second kappa shape index (κ2) is 5.13. The summed E-state index contributed by atoms with van der Waals surface area (Å²) in [6.45, 7) is 1.22. The average Bonchev–Trinajstić information content (AvgIpc) is 2.46. The van der Waals surface area contributed by atoms with Gasteiger partial charge in [-0.2, -0.15) is 0 Å². The molecule has 1 aliphatic heterocycles. The van der Waals surface area contributed by atoms with Crippen molar-refractivity contribution in [2.45, 2.75) is 37.8 Å². The summed E-state index contributed by atoms with van der Waals surface area (Å²) in [6.07, 6.45) is 7.48. The number of aromatic nitrogens is 2. The monoisotopic (exact) mass is 262 g/mol. The molecule has 0 aromatic carbocycles. The molecular weight excluding hydrogens is 244 g/mol. The van der Waals surface area contributed by atoms with Crippen LogP contribution >= 0.6 is 0 Å². The normalized spacial score (nSPS) is 26.8. The van der Waals surface area contributed by atoms with Crippen LogP contribution in [0.5, 0.6) is 0 Å². The number of amides is 1. The Morgan fingerprint density at radius 2 is 2.21 bits per heavy atom. The van der Waals surface area contributed by atoms with Crippen molar-refractivity contribution in [3.8, 4) is 0 Å². The predicted molar refractivity (Wildman–Crippen MR) is 69.5 cm³/mol. The van der Waals surface area contributed by atoms with E-state index in [1.807, 2.05) is 4.90 Å². The molecule has 1 saturated carbocycles. The fourth-order valence-corrected chi connectivity index (χ4v) is 2.98. The number of nitrogen functional groups attached to an aromatic ring is 1. The minimum absolute atomic E-state index is 0.0833. The van der Waals surface area contributed by atoms with Gasteiger partial charge in [-0.15, -0.1) is 0 Å². The van der Waals surface area contributed by atoms with E-state index in [9.17, 15) is 4.79 Å². The first-order valence-electron chi connectivity index (χ1n) is 6.76. The van der Waals surface area contributed by atoms with Gasteiger partial charge in [-0.1, -0.05) is 12.8 Å². The van der Waals surface area contributed by atoms with Gasteiger partial charge >= 0.3 is 0 Å². The zero-order chi connectivity index (χ0) is 13.2. The Kier molecular flexibility index (Phi) is 3.33. The molecule has 19 heavy (non-hydrogen) atoms. The van der Waals surface area contributed by atoms with Crippen LogP contribution in [-0.4, -0.2) is 46.1 Å². The van der Waals surface area contributed by atoms with Crippen molar-refractivity contribution in [2.75, 3.05) is 18.9 Å². The molecule has 1 saturated heterocycles. The number of morpholine rings is 1. The van der Waals surface area contributed by atoms with Gasteiger partial charge in [-0.05, 0) is 12.8 Å². The number of nitrogens with two attached hydrogens (primary N) is 1. The van der Waals surface area contributed by atoms with Gasteiger partial charge in [0.15, 0.2) is 0 Å². The van der Waals surface area contributed by atoms with Crippen LogP contribution in [-0.2, 0) is 4.74 Å². The van der Waals surface area contributed by atoms with E-state index in [1.165, 1.54) is 18.8 Å². The lowest BCUT2D eigenvalue weighted by atomic mass is 9.90. The molecule has 1 aliphatic carbocycles. The molecule has 6 nitrogen and oxygen atoms in total. The lowest BCUT2D eigenvalue weighted by molar-refractivity contribution is -0.0754. The highest BCUT2D eigenvalue weighted by molar-refractivity contribution is 5.92. The van der Waals surface area contributed by atoms with Gasteiger partial charge in [0.05, 0.1) is 31.1 Å². The molecule has 1 aromatic heterocycles. The van der Waals surface area contributed by atoms with Crippen LogP contribution in [0.4, 0.5) is 5.82 Å². The number of hydrogen-bond donors (Lipinski definition) is 1. The summed E-state index contributed by atoms with van der Waals surface area (Å²) >= 11 is 0. The molecule has 0 radical (unpaired) electrons. The summed E-state index contributed by atoms with van der Waals surface area (Å²) in [5.41, 5.74) is 5.91. The first-order chi connectivity index (χ1) is 9.25. The molecule has 3 rings (SSSR count). The topological polar surface area (TPSA) is 81.3 Å². The molecule has 1 aromatic rings. The van der Waals surface area contributed by atoms with E-state index in [4.69, 9.17) is 10.5 Å². The third kappa shape index (κ3) is 2.40. The van der Waals surface area contributed by atoms with E-state index in [1.54, 1.807) is 0 Å². The number of rotatable bonds is 1. The highest BCUT2D eigenvalue weighted by Gasteiger charge is 2.37. The van der Waals surface area contributed by atoms with Crippen LogP contribution in [0.2, 0.25) is 0 Å². The quantitative estimate of drug-likeness (QED) is 0.811. The van der Waals surface area contributed by atoms with E-state index >= 15 is 0 Å². The van der Waals surface area contributed by atoms with Crippen LogP contribution < -0.4 is 5.73 Å². The van der Waals surface area contributed by atoms with Crippen molar-refractivity contribution in [3.63, 3.8) is 0 Å². The Labute approximate surface area is 112 Å². The van der Waals surface area contributed by atoms with Crippen LogP contribution in [0.25, 0.3) is 0 Å². The maximum Gasteiger partial charge on any atom is 0.274 e. The smallest absolute Gasteiger partial charge is 0.274 e. The van der Waals surface area contributed by atoms with Gasteiger partial charge in [-0.25, -0.2) is 4.98 Å². The van der Waals surface area contributed by atoms with Gasteiger partial charge in [0.1, 0.15) is 11.5 Å². The SMILES string of the molecule is Nc1cncc(C(=O)N2CCOC3CCCCC32)n1. The van der Waals surface area contributed by atoms with Crippen molar-refractivity contribution in [3.05, 3.63) is 18.1 Å². The predicted octanol–water partition coefficient (Wildman–Crippen LogP) is 0.842. The standard InChI is InChI=1S/C13H18N4O2/c14-12-8-15-7-9(16-12)13(18)17-5-6-19-11-4-2-1-3-10(11)17/h7-8,10-11H,1-6H2,(H2,14,16). The zero-order valence-electron chi connectivity index (χ0n) is 10.8. The molecule has 0 spiro atoms. The molecule has 0 bridgehead atoms. The van der Waals surface area contributed by atoms with Crippen LogP contribution in [0.1, 0.15) is 36.2 Å². The minimum atomic E-state index is -0.0833. The van der Waals surface area contributed by atoms with Gasteiger partial charge in [-0.3, -0.25) is 9.78 Å². The van der Waals surface area contributed by atoms with Crippen LogP contribution in [0.15, 0.2) is 12.4 Å². The van der Waals surface area contributed by atoms with Crippen molar-refractivity contribution in [2.24, 2.45) is 0 Å². The van der Waals surface area contributed by atoms with Crippen molar-refractivity contribution in [1.82, 2.24) is 14.9 Å². The number of fused-ring (bicyclic) bond motifs is 1. The molecule has 2 fully saturated rings. The number of anilines is 1. The molecule has 2 atom stereocenters. The molecular formula is C13H18N4O2. The summed E-state index contributed by atoms with van der Waals surface area (Å²) < 4.78 is 5.77. The maximum atomic E-state index is 12.5. The molecule has 2 aliphatic rings.